The van der Waals surface area contributed by atoms with Crippen LogP contribution < -0.4 is 10.2 Å². The van der Waals surface area contributed by atoms with Crippen LogP contribution in [0.5, 0.6) is 0 Å². The second-order valence-electron chi connectivity index (χ2n) is 12.1. The van der Waals surface area contributed by atoms with Gasteiger partial charge in [0.1, 0.15) is 5.82 Å². The summed E-state index contributed by atoms with van der Waals surface area (Å²) < 4.78 is 1.97. The van der Waals surface area contributed by atoms with E-state index in [1.165, 1.54) is 37.8 Å². The minimum Gasteiger partial charge on any atom is -0.355 e. The Balaban J connectivity index is 1.07. The van der Waals surface area contributed by atoms with E-state index in [2.05, 4.69) is 36.2 Å². The lowest BCUT2D eigenvalue weighted by atomic mass is 9.72. The number of anilines is 1. The number of ketones is 1. The van der Waals surface area contributed by atoms with Gasteiger partial charge in [-0.25, -0.2) is 9.97 Å². The predicted molar refractivity (Wildman–Crippen MR) is 160 cm³/mol. The Morgan fingerprint density at radius 1 is 1.00 bits per heavy atom. The summed E-state index contributed by atoms with van der Waals surface area (Å²) in [7, 11) is 2.01. The SMILES string of the molecule is Cn1ncc(-c2ccc3cnc(CC(=O)c4ccnc(N5CC6(CCNCC6)C5)c4)cc3n2)c1CN1CCCCC1. The zero-order valence-electron chi connectivity index (χ0n) is 23.8. The Labute approximate surface area is 241 Å². The number of likely N-dealkylation sites (tertiary alicyclic amines) is 1. The van der Waals surface area contributed by atoms with Crippen molar-refractivity contribution >= 4 is 22.5 Å². The lowest BCUT2D eigenvalue weighted by Gasteiger charge is -2.53. The molecule has 1 N–H and O–H groups in total. The molecule has 212 valence electrons. The van der Waals surface area contributed by atoms with Crippen molar-refractivity contribution in [3.8, 4) is 11.3 Å². The summed E-state index contributed by atoms with van der Waals surface area (Å²) in [4.78, 5) is 32.3. The Morgan fingerprint density at radius 2 is 1.83 bits per heavy atom. The minimum atomic E-state index is 0.0461. The number of hydrogen-bond donors (Lipinski definition) is 1. The van der Waals surface area contributed by atoms with Gasteiger partial charge in [-0.3, -0.25) is 19.4 Å². The topological polar surface area (TPSA) is 92.1 Å². The molecule has 0 unspecified atom stereocenters. The lowest BCUT2D eigenvalue weighted by Crippen LogP contribution is -2.60. The van der Waals surface area contributed by atoms with Gasteiger partial charge in [-0.1, -0.05) is 6.42 Å². The number of fused-ring (bicyclic) bond motifs is 1. The first kappa shape index (κ1) is 26.2. The van der Waals surface area contributed by atoms with Crippen molar-refractivity contribution in [3.63, 3.8) is 0 Å². The number of nitrogens with zero attached hydrogens (tertiary/aromatic N) is 7. The normalized spacial score (nSPS) is 19.0. The van der Waals surface area contributed by atoms with E-state index >= 15 is 0 Å². The number of carbonyl (C=O) groups is 1. The molecule has 9 heteroatoms. The van der Waals surface area contributed by atoms with E-state index < -0.39 is 0 Å². The molecule has 3 fully saturated rings. The average Bonchev–Trinajstić information content (AvgIpc) is 3.36. The maximum Gasteiger partial charge on any atom is 0.169 e. The summed E-state index contributed by atoms with van der Waals surface area (Å²) in [6, 6.07) is 9.82. The number of pyridine rings is 3. The zero-order chi connectivity index (χ0) is 27.8. The van der Waals surface area contributed by atoms with Crippen LogP contribution in [0.1, 0.15) is 53.8 Å². The molecular weight excluding hydrogens is 512 g/mol. The number of Topliss-reactive ketones (excluding diaryl/α,β-unsaturated/α-hetero) is 1. The Bertz CT molecular complexity index is 1560. The highest BCUT2D eigenvalue weighted by Crippen LogP contribution is 2.40. The van der Waals surface area contributed by atoms with Gasteiger partial charge in [0.25, 0.3) is 0 Å². The molecule has 9 nitrogen and oxygen atoms in total. The summed E-state index contributed by atoms with van der Waals surface area (Å²) in [6.45, 7) is 7.38. The Morgan fingerprint density at radius 3 is 2.66 bits per heavy atom. The molecule has 0 aliphatic carbocycles. The minimum absolute atomic E-state index is 0.0461. The van der Waals surface area contributed by atoms with Crippen molar-refractivity contribution in [3.05, 3.63) is 65.9 Å². The van der Waals surface area contributed by atoms with Crippen LogP contribution in [0.15, 0.2) is 48.9 Å². The van der Waals surface area contributed by atoms with Gasteiger partial charge in [0.15, 0.2) is 5.78 Å². The third-order valence-corrected chi connectivity index (χ3v) is 9.24. The standard InChI is InChI=1S/C32H38N8O/c1-38-29(20-39-13-3-2-4-14-39)26(19-36-38)27-6-5-24-18-35-25(16-28(24)37-27)17-30(41)23-7-10-34-31(15-23)40-21-32(22-40)8-11-33-12-9-32/h5-7,10,15-16,18-19,33H,2-4,8-9,11-14,17,20-22H2,1H3. The number of carbonyl (C=O) groups excluding carboxylic acids is 1. The summed E-state index contributed by atoms with van der Waals surface area (Å²) in [5.41, 5.74) is 5.82. The van der Waals surface area contributed by atoms with Crippen LogP contribution in [-0.4, -0.2) is 74.7 Å². The van der Waals surface area contributed by atoms with E-state index in [0.717, 1.165) is 79.5 Å². The molecule has 3 aliphatic rings. The molecule has 0 atom stereocenters. The van der Waals surface area contributed by atoms with Crippen LogP contribution in [0, 0.1) is 5.41 Å². The monoisotopic (exact) mass is 550 g/mol. The molecule has 3 saturated heterocycles. The van der Waals surface area contributed by atoms with Crippen LogP contribution in [-0.2, 0) is 20.0 Å². The fourth-order valence-corrected chi connectivity index (χ4v) is 6.73. The molecular formula is C32H38N8O. The smallest absolute Gasteiger partial charge is 0.169 e. The van der Waals surface area contributed by atoms with Crippen molar-refractivity contribution in [1.82, 2.24) is 34.9 Å². The van der Waals surface area contributed by atoms with Crippen LogP contribution in [0.3, 0.4) is 0 Å². The molecule has 41 heavy (non-hydrogen) atoms. The molecule has 0 saturated carbocycles. The average molecular weight is 551 g/mol. The van der Waals surface area contributed by atoms with Crippen molar-refractivity contribution in [2.75, 3.05) is 44.2 Å². The number of aryl methyl sites for hydroxylation is 1. The third kappa shape index (κ3) is 5.36. The predicted octanol–water partition coefficient (Wildman–Crippen LogP) is 4.03. The number of hydrogen-bond acceptors (Lipinski definition) is 8. The van der Waals surface area contributed by atoms with E-state index in [9.17, 15) is 4.79 Å². The molecule has 0 amide bonds. The molecule has 7 rings (SSSR count). The van der Waals surface area contributed by atoms with Crippen molar-refractivity contribution in [2.45, 2.75) is 45.1 Å². The summed E-state index contributed by atoms with van der Waals surface area (Å²) >= 11 is 0. The maximum absolute atomic E-state index is 13.3. The van der Waals surface area contributed by atoms with Crippen LogP contribution in [0.2, 0.25) is 0 Å². The van der Waals surface area contributed by atoms with Gasteiger partial charge in [0.2, 0.25) is 0 Å². The molecule has 4 aromatic heterocycles. The molecule has 3 aliphatic heterocycles. The summed E-state index contributed by atoms with van der Waals surface area (Å²) in [5, 5.41) is 8.98. The number of rotatable bonds is 7. The number of aromatic nitrogens is 5. The van der Waals surface area contributed by atoms with E-state index in [-0.39, 0.29) is 12.2 Å². The number of nitrogens with one attached hydrogen (secondary N) is 1. The molecule has 4 aromatic rings. The van der Waals surface area contributed by atoms with E-state index in [1.54, 1.807) is 6.20 Å². The number of piperidine rings is 2. The van der Waals surface area contributed by atoms with Gasteiger partial charge < -0.3 is 10.2 Å². The first-order chi connectivity index (χ1) is 20.1. The van der Waals surface area contributed by atoms with Crippen molar-refractivity contribution in [1.29, 1.82) is 0 Å². The van der Waals surface area contributed by atoms with Gasteiger partial charge in [-0.05, 0) is 82.2 Å². The first-order valence-corrected chi connectivity index (χ1v) is 15.0. The fraction of sp³-hybridized carbons (Fsp3) is 0.469. The highest BCUT2D eigenvalue weighted by Gasteiger charge is 2.43. The maximum atomic E-state index is 13.3. The van der Waals surface area contributed by atoms with E-state index in [0.29, 0.717) is 11.0 Å². The van der Waals surface area contributed by atoms with Gasteiger partial charge >= 0.3 is 0 Å². The van der Waals surface area contributed by atoms with Crippen LogP contribution in [0.25, 0.3) is 22.2 Å². The van der Waals surface area contributed by atoms with Gasteiger partial charge in [-0.15, -0.1) is 0 Å². The van der Waals surface area contributed by atoms with Gasteiger partial charge in [0.05, 0.1) is 35.2 Å². The quantitative estimate of drug-likeness (QED) is 0.345. The largest absolute Gasteiger partial charge is 0.355 e. The second kappa shape index (κ2) is 10.9. The van der Waals surface area contributed by atoms with Crippen molar-refractivity contribution < 1.29 is 4.79 Å². The molecule has 1 spiro atoms. The first-order valence-electron chi connectivity index (χ1n) is 15.0. The summed E-state index contributed by atoms with van der Waals surface area (Å²) in [6.07, 6.45) is 12.0. The Kier molecular flexibility index (Phi) is 7.00. The summed E-state index contributed by atoms with van der Waals surface area (Å²) in [5.74, 6) is 0.944. The van der Waals surface area contributed by atoms with Crippen LogP contribution in [0.4, 0.5) is 5.82 Å². The van der Waals surface area contributed by atoms with E-state index in [4.69, 9.17) is 4.98 Å². The van der Waals surface area contributed by atoms with E-state index in [1.807, 2.05) is 48.4 Å². The highest BCUT2D eigenvalue weighted by atomic mass is 16.1. The second-order valence-corrected chi connectivity index (χ2v) is 12.1. The molecule has 7 heterocycles. The highest BCUT2D eigenvalue weighted by molar-refractivity contribution is 5.98. The zero-order valence-corrected chi connectivity index (χ0v) is 23.8. The fourth-order valence-electron chi connectivity index (χ4n) is 6.73. The lowest BCUT2D eigenvalue weighted by molar-refractivity contribution is 0.0992. The van der Waals surface area contributed by atoms with Crippen LogP contribution >= 0.6 is 0 Å². The van der Waals surface area contributed by atoms with Crippen molar-refractivity contribution in [2.24, 2.45) is 12.5 Å². The Hall–Kier alpha value is -3.69. The van der Waals surface area contributed by atoms with Gasteiger partial charge in [0, 0.05) is 61.0 Å². The molecule has 0 bridgehead atoms. The molecule has 0 aromatic carbocycles. The molecule has 0 radical (unpaired) electrons. The third-order valence-electron chi connectivity index (χ3n) is 9.24. The van der Waals surface area contributed by atoms with Gasteiger partial charge in [-0.2, -0.15) is 5.10 Å².